The van der Waals surface area contributed by atoms with E-state index in [1.54, 1.807) is 25.1 Å². The lowest BCUT2D eigenvalue weighted by molar-refractivity contribution is -0.207. The highest BCUT2D eigenvalue weighted by Crippen LogP contribution is 2.56. The number of ether oxygens (including phenoxy) is 1. The van der Waals surface area contributed by atoms with Gasteiger partial charge in [-0.2, -0.15) is 0 Å². The van der Waals surface area contributed by atoms with Crippen LogP contribution in [-0.2, 0) is 25.0 Å². The predicted octanol–water partition coefficient (Wildman–Crippen LogP) is 2.29. The van der Waals surface area contributed by atoms with Gasteiger partial charge in [0.15, 0.2) is 12.0 Å². The average molecular weight is 479 g/mol. The number of hydrogen-bond acceptors (Lipinski definition) is 9. The molecule has 3 heterocycles. The number of phosphoric ester groups is 1. The van der Waals surface area contributed by atoms with Crippen LogP contribution < -0.4 is 9.84 Å². The SMILES string of the molecule is [2H]C([2H])(OP1(=O)OCc2cccc(C)c2O1)[C@@]1(F)O[C@@]([2H])(N2C=C(F)C(=S)NC2=C)[C@H](O)[C@@H]1O. The zero-order valence-electron chi connectivity index (χ0n) is 18.9. The van der Waals surface area contributed by atoms with E-state index in [1.807, 2.05) is 0 Å². The molecule has 1 fully saturated rings. The molecule has 9 nitrogen and oxygen atoms in total. The largest absolute Gasteiger partial charge is 0.530 e. The normalized spacial score (nSPS) is 39.6. The van der Waals surface area contributed by atoms with Crippen LogP contribution in [0.2, 0.25) is 0 Å². The van der Waals surface area contributed by atoms with Crippen LogP contribution in [0.4, 0.5) is 8.78 Å². The van der Waals surface area contributed by atoms with Crippen LogP contribution in [0.1, 0.15) is 15.2 Å². The van der Waals surface area contributed by atoms with Crippen LogP contribution in [0.15, 0.2) is 42.6 Å². The Morgan fingerprint density at radius 2 is 2.32 bits per heavy atom. The Labute approximate surface area is 185 Å². The van der Waals surface area contributed by atoms with Crippen LogP contribution in [0, 0.1) is 6.92 Å². The summed E-state index contributed by atoms with van der Waals surface area (Å²) in [6.45, 7) is 0.953. The summed E-state index contributed by atoms with van der Waals surface area (Å²) < 4.78 is 87.2. The first-order chi connectivity index (χ1) is 15.6. The van der Waals surface area contributed by atoms with E-state index in [9.17, 15) is 19.2 Å². The van der Waals surface area contributed by atoms with Gasteiger partial charge in [-0.05, 0) is 12.5 Å². The lowest BCUT2D eigenvalue weighted by atomic mass is 10.1. The van der Waals surface area contributed by atoms with Crippen molar-refractivity contribution in [2.75, 3.05) is 6.56 Å². The van der Waals surface area contributed by atoms with Crippen molar-refractivity contribution >= 4 is 25.0 Å². The summed E-state index contributed by atoms with van der Waals surface area (Å²) in [6, 6.07) is 4.90. The third-order valence-electron chi connectivity index (χ3n) is 4.60. The zero-order chi connectivity index (χ0) is 25.3. The van der Waals surface area contributed by atoms with Crippen molar-refractivity contribution in [3.63, 3.8) is 0 Å². The second-order valence-electron chi connectivity index (χ2n) is 6.79. The Balaban J connectivity index is 1.64. The number of hydrogen-bond donors (Lipinski definition) is 3. The molecule has 0 bridgehead atoms. The Morgan fingerprint density at radius 1 is 1.58 bits per heavy atom. The van der Waals surface area contributed by atoms with E-state index in [0.29, 0.717) is 22.2 Å². The molecule has 1 aromatic carbocycles. The number of fused-ring (bicyclic) bond motifs is 1. The number of nitrogens with zero attached hydrogens (tertiary/aromatic N) is 1. The average Bonchev–Trinajstić information content (AvgIpc) is 2.93. The Bertz CT molecular complexity index is 1160. The molecule has 0 aliphatic carbocycles. The lowest BCUT2D eigenvalue weighted by Gasteiger charge is -2.34. The highest BCUT2D eigenvalue weighted by atomic mass is 32.1. The molecule has 168 valence electrons. The van der Waals surface area contributed by atoms with E-state index in [2.05, 4.69) is 11.9 Å². The maximum atomic E-state index is 15.9. The fourth-order valence-electron chi connectivity index (χ4n) is 2.99. The molecule has 3 aliphatic heterocycles. The number of phosphoric acid groups is 1. The number of aliphatic hydroxyl groups excluding tert-OH is 2. The summed E-state index contributed by atoms with van der Waals surface area (Å²) in [6.07, 6.45) is -7.76. The first-order valence-corrected chi connectivity index (χ1v) is 10.7. The van der Waals surface area contributed by atoms with E-state index in [1.165, 1.54) is 0 Å². The van der Waals surface area contributed by atoms with Crippen LogP contribution in [-0.4, -0.2) is 50.9 Å². The fourth-order valence-corrected chi connectivity index (χ4v) is 4.32. The zero-order valence-corrected chi connectivity index (χ0v) is 17.6. The van der Waals surface area contributed by atoms with Crippen molar-refractivity contribution in [2.45, 2.75) is 37.8 Å². The van der Waals surface area contributed by atoms with Gasteiger partial charge in [0.1, 0.15) is 35.3 Å². The number of nitrogens with one attached hydrogen (secondary N) is 1. The smallest absolute Gasteiger partial charge is 0.403 e. The van der Waals surface area contributed by atoms with Crippen molar-refractivity contribution in [1.29, 1.82) is 0 Å². The number of para-hydroxylation sites is 1. The van der Waals surface area contributed by atoms with Gasteiger partial charge in [0, 0.05) is 11.8 Å². The molecule has 4 rings (SSSR count). The number of alkyl halides is 1. The fraction of sp³-hybridized carbons (Fsp3) is 0.389. The van der Waals surface area contributed by atoms with Gasteiger partial charge in [0.05, 0.1) is 10.7 Å². The molecule has 0 radical (unpaired) electrons. The number of aliphatic hydroxyl groups is 2. The van der Waals surface area contributed by atoms with Gasteiger partial charge in [0.25, 0.3) is 5.85 Å². The van der Waals surface area contributed by atoms with Crippen molar-refractivity contribution in [2.24, 2.45) is 0 Å². The van der Waals surface area contributed by atoms with E-state index in [-0.39, 0.29) is 18.2 Å². The third kappa shape index (κ3) is 4.00. The highest BCUT2D eigenvalue weighted by molar-refractivity contribution is 7.80. The first kappa shape index (κ1) is 18.6. The maximum Gasteiger partial charge on any atom is 0.530 e. The number of halogens is 2. The third-order valence-corrected chi connectivity index (χ3v) is 6.07. The minimum absolute atomic E-state index is 0.0795. The summed E-state index contributed by atoms with van der Waals surface area (Å²) in [7, 11) is -4.82. The molecule has 0 amide bonds. The number of aryl methyl sites for hydroxylation is 1. The molecule has 31 heavy (non-hydrogen) atoms. The van der Waals surface area contributed by atoms with Gasteiger partial charge in [-0.25, -0.2) is 13.3 Å². The molecule has 1 saturated heterocycles. The minimum Gasteiger partial charge on any atom is -0.403 e. The summed E-state index contributed by atoms with van der Waals surface area (Å²) in [5.74, 6) is -5.36. The Hall–Kier alpha value is -1.92. The topological polar surface area (TPSA) is 110 Å². The number of thiocarbonyl (C=S) groups is 1. The summed E-state index contributed by atoms with van der Waals surface area (Å²) in [5, 5.41) is 23.0. The first-order valence-electron chi connectivity index (χ1n) is 10.3. The standard InChI is InChI=1S/C18H19F2N2O7PS/c1-9-4-3-5-11-7-26-30(25,29-14(9)11)27-8-18(20)15(24)13(23)17(28-18)22-6-12(19)16(31)21-10(22)2/h3-6,13,15,17,23-24H,2,7-8H2,1H3,(H,21,31)/t13-,15+,17-,18-,30?/m1/s1/i8D2,17D. The quantitative estimate of drug-likeness (QED) is 0.440. The van der Waals surface area contributed by atoms with Crippen LogP contribution in [0.25, 0.3) is 0 Å². The molecular weight excluding hydrogens is 457 g/mol. The molecule has 5 atom stereocenters. The molecule has 0 spiro atoms. The number of benzene rings is 1. The van der Waals surface area contributed by atoms with Gasteiger partial charge in [-0.3, -0.25) is 9.05 Å². The van der Waals surface area contributed by atoms with E-state index >= 15 is 4.39 Å². The van der Waals surface area contributed by atoms with Crippen molar-refractivity contribution < 1.29 is 46.0 Å². The maximum absolute atomic E-state index is 15.9. The highest BCUT2D eigenvalue weighted by Gasteiger charge is 2.58. The predicted molar refractivity (Wildman–Crippen MR) is 107 cm³/mol. The summed E-state index contributed by atoms with van der Waals surface area (Å²) >= 11 is 4.70. The van der Waals surface area contributed by atoms with Gasteiger partial charge < -0.3 is 29.7 Å². The Kier molecular flexibility index (Phi) is 4.74. The van der Waals surface area contributed by atoms with Crippen LogP contribution >= 0.6 is 20.0 Å². The molecule has 0 saturated carbocycles. The molecular formula is C18H19F2N2O7PS. The van der Waals surface area contributed by atoms with Gasteiger partial charge in [0.2, 0.25) is 0 Å². The van der Waals surface area contributed by atoms with E-state index < -0.39 is 49.5 Å². The van der Waals surface area contributed by atoms with Gasteiger partial charge in [-0.1, -0.05) is 37.0 Å². The minimum atomic E-state index is -4.82. The van der Waals surface area contributed by atoms with Crippen LogP contribution in [0.3, 0.4) is 0 Å². The molecule has 3 N–H and O–H groups in total. The molecule has 1 unspecified atom stereocenters. The second kappa shape index (κ2) is 7.89. The Morgan fingerprint density at radius 3 is 3.06 bits per heavy atom. The monoisotopic (exact) mass is 479 g/mol. The van der Waals surface area contributed by atoms with Crippen molar-refractivity contribution in [1.82, 2.24) is 10.2 Å². The molecule has 3 aliphatic rings. The molecule has 0 aromatic heterocycles. The lowest BCUT2D eigenvalue weighted by Crippen LogP contribution is -2.47. The van der Waals surface area contributed by atoms with Crippen molar-refractivity contribution in [3.05, 3.63) is 53.8 Å². The second-order valence-corrected chi connectivity index (χ2v) is 8.72. The summed E-state index contributed by atoms with van der Waals surface area (Å²) in [5.41, 5.74) is 0.993. The van der Waals surface area contributed by atoms with E-state index in [0.717, 1.165) is 0 Å². The van der Waals surface area contributed by atoms with Crippen molar-refractivity contribution in [3.8, 4) is 5.75 Å². The van der Waals surface area contributed by atoms with Gasteiger partial charge in [-0.15, -0.1) is 0 Å². The summed E-state index contributed by atoms with van der Waals surface area (Å²) in [4.78, 5) is 0.0574. The van der Waals surface area contributed by atoms with Crippen LogP contribution in [0.5, 0.6) is 5.75 Å². The van der Waals surface area contributed by atoms with Gasteiger partial charge >= 0.3 is 7.82 Å². The van der Waals surface area contributed by atoms with E-state index in [4.69, 9.17) is 34.6 Å². The molecule has 13 heteroatoms. The number of rotatable bonds is 4. The molecule has 1 aromatic rings.